The summed E-state index contributed by atoms with van der Waals surface area (Å²) in [5.41, 5.74) is -0.451. The summed E-state index contributed by atoms with van der Waals surface area (Å²) in [5.74, 6) is 0.0459. The fourth-order valence-corrected chi connectivity index (χ4v) is 2.17. The van der Waals surface area contributed by atoms with Crippen molar-refractivity contribution in [2.24, 2.45) is 0 Å². The predicted octanol–water partition coefficient (Wildman–Crippen LogP) is 0.374. The molecule has 2 N–H and O–H groups in total. The molecular weight excluding hydrogens is 232 g/mol. The van der Waals surface area contributed by atoms with Gasteiger partial charge >= 0.3 is 0 Å². The number of nitrogens with zero attached hydrogens (tertiary/aromatic N) is 1. The van der Waals surface area contributed by atoms with Crippen LogP contribution in [0.5, 0.6) is 0 Å². The van der Waals surface area contributed by atoms with Crippen LogP contribution < -0.4 is 5.32 Å². The Balaban J connectivity index is 2.51. The van der Waals surface area contributed by atoms with Crippen molar-refractivity contribution in [1.29, 1.82) is 0 Å². The fourth-order valence-electron chi connectivity index (χ4n) is 2.17. The van der Waals surface area contributed by atoms with Gasteiger partial charge in [0, 0.05) is 26.2 Å². The highest BCUT2D eigenvalue weighted by Gasteiger charge is 2.26. The zero-order valence-corrected chi connectivity index (χ0v) is 11.7. The lowest BCUT2D eigenvalue weighted by Gasteiger charge is -2.29. The molecule has 0 aromatic heterocycles. The smallest absolute Gasteiger partial charge is 0.225 e. The number of carbonyl (C=O) groups excluding carboxylic acids is 1. The Morgan fingerprint density at radius 2 is 2.28 bits per heavy atom. The molecule has 1 fully saturated rings. The molecular formula is C13H26N2O3. The van der Waals surface area contributed by atoms with Crippen molar-refractivity contribution >= 4 is 5.91 Å². The highest BCUT2D eigenvalue weighted by atomic mass is 16.5. The van der Waals surface area contributed by atoms with Crippen LogP contribution in [0.15, 0.2) is 0 Å². The van der Waals surface area contributed by atoms with E-state index in [9.17, 15) is 4.79 Å². The van der Waals surface area contributed by atoms with E-state index in [1.54, 1.807) is 12.0 Å². The zero-order chi connectivity index (χ0) is 13.6. The average Bonchev–Trinajstić information content (AvgIpc) is 2.81. The number of methoxy groups -OCH3 is 1. The topological polar surface area (TPSA) is 61.8 Å². The quantitative estimate of drug-likeness (QED) is 0.693. The minimum Gasteiger partial charge on any atom is -0.395 e. The van der Waals surface area contributed by atoms with Crippen LogP contribution in [0.2, 0.25) is 0 Å². The summed E-state index contributed by atoms with van der Waals surface area (Å²) in [7, 11) is 1.61. The van der Waals surface area contributed by atoms with Crippen molar-refractivity contribution in [2.75, 3.05) is 33.4 Å². The molecule has 5 nitrogen and oxygen atoms in total. The van der Waals surface area contributed by atoms with Crippen molar-refractivity contribution in [3.8, 4) is 0 Å². The Kier molecular flexibility index (Phi) is 6.05. The van der Waals surface area contributed by atoms with Crippen LogP contribution in [0.4, 0.5) is 0 Å². The largest absolute Gasteiger partial charge is 0.395 e. The van der Waals surface area contributed by atoms with Gasteiger partial charge in [-0.3, -0.25) is 4.79 Å². The SMILES string of the molecule is COC(C)(C)CC(=O)N(CCO)CC1CCCN1. The number of aliphatic hydroxyl groups is 1. The number of amides is 1. The molecule has 0 bridgehead atoms. The fraction of sp³-hybridized carbons (Fsp3) is 0.923. The molecule has 1 rings (SSSR count). The number of carbonyl (C=O) groups is 1. The van der Waals surface area contributed by atoms with Gasteiger partial charge in [0.15, 0.2) is 0 Å². The summed E-state index contributed by atoms with van der Waals surface area (Å²) in [6.45, 7) is 5.91. The molecule has 1 amide bonds. The standard InChI is InChI=1S/C13H26N2O3/c1-13(2,18-3)9-12(17)15(7-8-16)10-11-5-4-6-14-11/h11,14,16H,4-10H2,1-3H3. The van der Waals surface area contributed by atoms with Crippen LogP contribution in [-0.4, -0.2) is 60.9 Å². The van der Waals surface area contributed by atoms with Crippen molar-refractivity contribution < 1.29 is 14.6 Å². The highest BCUT2D eigenvalue weighted by Crippen LogP contribution is 2.16. The summed E-state index contributed by atoms with van der Waals surface area (Å²) in [4.78, 5) is 13.9. The number of ether oxygens (including phenoxy) is 1. The first kappa shape index (κ1) is 15.4. The normalized spacial score (nSPS) is 20.1. The van der Waals surface area contributed by atoms with Crippen molar-refractivity contribution in [1.82, 2.24) is 10.2 Å². The number of aliphatic hydroxyl groups excluding tert-OH is 1. The third kappa shape index (κ3) is 4.92. The van der Waals surface area contributed by atoms with E-state index in [1.807, 2.05) is 13.8 Å². The first-order chi connectivity index (χ1) is 8.48. The van der Waals surface area contributed by atoms with Crippen LogP contribution in [0.3, 0.4) is 0 Å². The van der Waals surface area contributed by atoms with E-state index in [0.29, 0.717) is 25.6 Å². The van der Waals surface area contributed by atoms with E-state index in [1.165, 1.54) is 0 Å². The number of hydrogen-bond acceptors (Lipinski definition) is 4. The maximum absolute atomic E-state index is 12.2. The third-order valence-corrected chi connectivity index (χ3v) is 3.46. The maximum atomic E-state index is 12.2. The molecule has 0 aliphatic carbocycles. The summed E-state index contributed by atoms with van der Waals surface area (Å²) in [6, 6.07) is 0.367. The van der Waals surface area contributed by atoms with Gasteiger partial charge in [-0.05, 0) is 33.2 Å². The molecule has 1 aliphatic heterocycles. The van der Waals surface area contributed by atoms with Gasteiger partial charge in [-0.25, -0.2) is 0 Å². The second-order valence-corrected chi connectivity index (χ2v) is 5.50. The van der Waals surface area contributed by atoms with Gasteiger partial charge in [-0.15, -0.1) is 0 Å². The van der Waals surface area contributed by atoms with Gasteiger partial charge in [-0.2, -0.15) is 0 Å². The molecule has 0 aromatic carbocycles. The van der Waals surface area contributed by atoms with Gasteiger partial charge < -0.3 is 20.1 Å². The summed E-state index contributed by atoms with van der Waals surface area (Å²) < 4.78 is 5.28. The molecule has 106 valence electrons. The van der Waals surface area contributed by atoms with E-state index >= 15 is 0 Å². The molecule has 1 saturated heterocycles. The van der Waals surface area contributed by atoms with Gasteiger partial charge in [-0.1, -0.05) is 0 Å². The van der Waals surface area contributed by atoms with Crippen LogP contribution in [-0.2, 0) is 9.53 Å². The Morgan fingerprint density at radius 1 is 1.56 bits per heavy atom. The van der Waals surface area contributed by atoms with Crippen LogP contribution in [0.25, 0.3) is 0 Å². The number of nitrogens with one attached hydrogen (secondary N) is 1. The Hall–Kier alpha value is -0.650. The molecule has 5 heteroatoms. The summed E-state index contributed by atoms with van der Waals surface area (Å²) in [5, 5.41) is 12.4. The lowest BCUT2D eigenvalue weighted by molar-refractivity contribution is -0.137. The van der Waals surface area contributed by atoms with Crippen molar-refractivity contribution in [3.05, 3.63) is 0 Å². The zero-order valence-electron chi connectivity index (χ0n) is 11.7. The number of hydrogen-bond donors (Lipinski definition) is 2. The van der Waals surface area contributed by atoms with Gasteiger partial charge in [0.1, 0.15) is 0 Å². The first-order valence-electron chi connectivity index (χ1n) is 6.65. The molecule has 0 spiro atoms. The molecule has 1 atom stereocenters. The maximum Gasteiger partial charge on any atom is 0.225 e. The second-order valence-electron chi connectivity index (χ2n) is 5.50. The second kappa shape index (κ2) is 7.07. The molecule has 18 heavy (non-hydrogen) atoms. The van der Waals surface area contributed by atoms with E-state index in [4.69, 9.17) is 9.84 Å². The van der Waals surface area contributed by atoms with Crippen LogP contribution in [0, 0.1) is 0 Å². The van der Waals surface area contributed by atoms with Crippen molar-refractivity contribution in [2.45, 2.75) is 44.8 Å². The molecule has 1 aliphatic rings. The van der Waals surface area contributed by atoms with Gasteiger partial charge in [0.25, 0.3) is 0 Å². The molecule has 0 saturated carbocycles. The lowest BCUT2D eigenvalue weighted by Crippen LogP contribution is -2.44. The summed E-state index contributed by atoms with van der Waals surface area (Å²) in [6.07, 6.45) is 2.61. The van der Waals surface area contributed by atoms with Crippen LogP contribution in [0.1, 0.15) is 33.1 Å². The van der Waals surface area contributed by atoms with Crippen LogP contribution >= 0.6 is 0 Å². The average molecular weight is 258 g/mol. The monoisotopic (exact) mass is 258 g/mol. The van der Waals surface area contributed by atoms with E-state index in [-0.39, 0.29) is 12.5 Å². The molecule has 0 aromatic rings. The Labute approximate surface area is 109 Å². The minimum atomic E-state index is -0.451. The van der Waals surface area contributed by atoms with E-state index in [2.05, 4.69) is 5.32 Å². The number of rotatable bonds is 7. The Morgan fingerprint density at radius 3 is 2.78 bits per heavy atom. The van der Waals surface area contributed by atoms with Gasteiger partial charge in [0.2, 0.25) is 5.91 Å². The highest BCUT2D eigenvalue weighted by molar-refractivity contribution is 5.77. The lowest BCUT2D eigenvalue weighted by atomic mass is 10.0. The van der Waals surface area contributed by atoms with Gasteiger partial charge in [0.05, 0.1) is 18.6 Å². The van der Waals surface area contributed by atoms with E-state index < -0.39 is 5.60 Å². The predicted molar refractivity (Wildman–Crippen MR) is 70.4 cm³/mol. The van der Waals surface area contributed by atoms with E-state index in [0.717, 1.165) is 19.4 Å². The molecule has 0 radical (unpaired) electrons. The molecule has 1 heterocycles. The minimum absolute atomic E-state index is 0.00582. The van der Waals surface area contributed by atoms with Crippen molar-refractivity contribution in [3.63, 3.8) is 0 Å². The summed E-state index contributed by atoms with van der Waals surface area (Å²) >= 11 is 0. The molecule has 1 unspecified atom stereocenters. The first-order valence-corrected chi connectivity index (χ1v) is 6.65. The third-order valence-electron chi connectivity index (χ3n) is 3.46. The Bertz CT molecular complexity index is 263.